The highest BCUT2D eigenvalue weighted by Crippen LogP contribution is 2.05. The van der Waals surface area contributed by atoms with Crippen LogP contribution in [-0.2, 0) is 16.0 Å². The maximum absolute atomic E-state index is 11.7. The molecule has 0 spiro atoms. The third kappa shape index (κ3) is 4.18. The van der Waals surface area contributed by atoms with Gasteiger partial charge in [0.1, 0.15) is 6.04 Å². The van der Waals surface area contributed by atoms with Crippen molar-refractivity contribution >= 4 is 11.9 Å². The second kappa shape index (κ2) is 5.64. The Morgan fingerprint density at radius 1 is 1.33 bits per heavy atom. The molecule has 0 aliphatic heterocycles. The van der Waals surface area contributed by atoms with Gasteiger partial charge in [-0.25, -0.2) is 4.79 Å². The van der Waals surface area contributed by atoms with Crippen molar-refractivity contribution in [3.63, 3.8) is 0 Å². The maximum atomic E-state index is 11.7. The molecule has 0 aromatic heterocycles. The molecule has 1 aromatic rings. The van der Waals surface area contributed by atoms with E-state index < -0.39 is 23.5 Å². The normalized spacial score (nSPS) is 12.8. The van der Waals surface area contributed by atoms with Crippen LogP contribution in [0.2, 0.25) is 0 Å². The van der Waals surface area contributed by atoms with Crippen LogP contribution < -0.4 is 11.1 Å². The van der Waals surface area contributed by atoms with Crippen LogP contribution >= 0.6 is 0 Å². The molecule has 4 N–H and O–H groups in total. The van der Waals surface area contributed by atoms with E-state index in [0.717, 1.165) is 5.56 Å². The third-order valence-corrected chi connectivity index (χ3v) is 2.47. The number of nitrogens with two attached hydrogens (primary N) is 1. The van der Waals surface area contributed by atoms with Crippen molar-refractivity contribution < 1.29 is 14.7 Å². The van der Waals surface area contributed by atoms with Crippen LogP contribution in [0, 0.1) is 0 Å². The van der Waals surface area contributed by atoms with E-state index in [2.05, 4.69) is 5.32 Å². The number of aliphatic carboxylic acids is 1. The summed E-state index contributed by atoms with van der Waals surface area (Å²) in [7, 11) is 0. The standard InChI is InChI=1S/C13H18N2O3/c1-13(2,14)12(18)15-10(11(16)17)8-9-6-4-3-5-7-9/h3-7,10H,8,14H2,1-2H3,(H,15,18)(H,16,17)/t10-/m1/s1. The second-order valence-electron chi connectivity index (χ2n) is 4.78. The largest absolute Gasteiger partial charge is 0.480 e. The number of rotatable bonds is 5. The number of amides is 1. The molecule has 0 heterocycles. The van der Waals surface area contributed by atoms with Crippen molar-refractivity contribution in [1.29, 1.82) is 0 Å². The van der Waals surface area contributed by atoms with Gasteiger partial charge in [0.15, 0.2) is 0 Å². The number of hydrogen-bond acceptors (Lipinski definition) is 3. The molecule has 1 amide bonds. The zero-order chi connectivity index (χ0) is 13.8. The van der Waals surface area contributed by atoms with Crippen molar-refractivity contribution in [2.24, 2.45) is 5.73 Å². The fourth-order valence-electron chi connectivity index (χ4n) is 1.39. The van der Waals surface area contributed by atoms with E-state index in [1.165, 1.54) is 13.8 Å². The number of carbonyl (C=O) groups excluding carboxylic acids is 1. The van der Waals surface area contributed by atoms with Crippen LogP contribution in [0.25, 0.3) is 0 Å². The van der Waals surface area contributed by atoms with E-state index in [4.69, 9.17) is 10.8 Å². The summed E-state index contributed by atoms with van der Waals surface area (Å²) in [5, 5.41) is 11.5. The summed E-state index contributed by atoms with van der Waals surface area (Å²) >= 11 is 0. The van der Waals surface area contributed by atoms with Crippen molar-refractivity contribution in [3.8, 4) is 0 Å². The lowest BCUT2D eigenvalue weighted by Crippen LogP contribution is -2.54. The molecule has 5 heteroatoms. The molecule has 1 atom stereocenters. The first kappa shape index (κ1) is 14.2. The molecule has 0 unspecified atom stereocenters. The van der Waals surface area contributed by atoms with Crippen molar-refractivity contribution in [2.75, 3.05) is 0 Å². The summed E-state index contributed by atoms with van der Waals surface area (Å²) < 4.78 is 0. The topological polar surface area (TPSA) is 92.4 Å². The quantitative estimate of drug-likeness (QED) is 0.711. The molecular weight excluding hydrogens is 232 g/mol. The summed E-state index contributed by atoms with van der Waals surface area (Å²) in [5.74, 6) is -1.55. The maximum Gasteiger partial charge on any atom is 0.326 e. The summed E-state index contributed by atoms with van der Waals surface area (Å²) in [6, 6.07) is 8.15. The van der Waals surface area contributed by atoms with Crippen molar-refractivity contribution in [3.05, 3.63) is 35.9 Å². The highest BCUT2D eigenvalue weighted by atomic mass is 16.4. The molecule has 0 saturated carbocycles. The molecule has 0 bridgehead atoms. The average Bonchev–Trinajstić information content (AvgIpc) is 2.28. The van der Waals surface area contributed by atoms with Crippen LogP contribution in [0.3, 0.4) is 0 Å². The molecule has 0 radical (unpaired) electrons. The molecular formula is C13H18N2O3. The van der Waals surface area contributed by atoms with Crippen LogP contribution in [0.15, 0.2) is 30.3 Å². The predicted octanol–water partition coefficient (Wildman–Crippen LogP) is 0.536. The Hall–Kier alpha value is -1.88. The molecule has 98 valence electrons. The van der Waals surface area contributed by atoms with Gasteiger partial charge >= 0.3 is 5.97 Å². The summed E-state index contributed by atoms with van der Waals surface area (Å²) in [4.78, 5) is 22.8. The van der Waals surface area contributed by atoms with Gasteiger partial charge in [0, 0.05) is 6.42 Å². The van der Waals surface area contributed by atoms with Gasteiger partial charge in [0.25, 0.3) is 0 Å². The first-order valence-electron chi connectivity index (χ1n) is 5.67. The minimum Gasteiger partial charge on any atom is -0.480 e. The Balaban J connectivity index is 2.73. The average molecular weight is 250 g/mol. The van der Waals surface area contributed by atoms with Crippen LogP contribution in [0.4, 0.5) is 0 Å². The van der Waals surface area contributed by atoms with E-state index in [1.54, 1.807) is 0 Å². The minimum absolute atomic E-state index is 0.234. The lowest BCUT2D eigenvalue weighted by Gasteiger charge is -2.21. The highest BCUT2D eigenvalue weighted by Gasteiger charge is 2.27. The van der Waals surface area contributed by atoms with E-state index in [-0.39, 0.29) is 6.42 Å². The molecule has 1 rings (SSSR count). The fourth-order valence-corrected chi connectivity index (χ4v) is 1.39. The SMILES string of the molecule is CC(C)(N)C(=O)N[C@H](Cc1ccccc1)C(=O)O. The smallest absolute Gasteiger partial charge is 0.326 e. The molecule has 0 saturated heterocycles. The lowest BCUT2D eigenvalue weighted by molar-refractivity contribution is -0.142. The Kier molecular flexibility index (Phi) is 4.44. The number of benzene rings is 1. The molecule has 1 aromatic carbocycles. The van der Waals surface area contributed by atoms with Gasteiger partial charge in [-0.05, 0) is 19.4 Å². The van der Waals surface area contributed by atoms with Gasteiger partial charge in [-0.15, -0.1) is 0 Å². The van der Waals surface area contributed by atoms with Gasteiger partial charge in [-0.3, -0.25) is 4.79 Å². The molecule has 0 aliphatic carbocycles. The lowest BCUT2D eigenvalue weighted by atomic mass is 10.0. The Morgan fingerprint density at radius 3 is 2.33 bits per heavy atom. The first-order chi connectivity index (χ1) is 8.30. The highest BCUT2D eigenvalue weighted by molar-refractivity contribution is 5.89. The summed E-state index contributed by atoms with van der Waals surface area (Å²) in [6.45, 7) is 3.06. The molecule has 0 aliphatic rings. The van der Waals surface area contributed by atoms with Crippen molar-refractivity contribution in [2.45, 2.75) is 31.8 Å². The number of nitrogens with one attached hydrogen (secondary N) is 1. The van der Waals surface area contributed by atoms with Gasteiger partial charge < -0.3 is 16.2 Å². The van der Waals surface area contributed by atoms with Gasteiger partial charge in [-0.2, -0.15) is 0 Å². The van der Waals surface area contributed by atoms with E-state index in [9.17, 15) is 9.59 Å². The molecule has 18 heavy (non-hydrogen) atoms. The minimum atomic E-state index is -1.09. The summed E-state index contributed by atoms with van der Waals surface area (Å²) in [6.07, 6.45) is 0.234. The van der Waals surface area contributed by atoms with Crippen LogP contribution in [-0.4, -0.2) is 28.6 Å². The Bertz CT molecular complexity index is 424. The fraction of sp³-hybridized carbons (Fsp3) is 0.385. The van der Waals surface area contributed by atoms with Crippen LogP contribution in [0.1, 0.15) is 19.4 Å². The van der Waals surface area contributed by atoms with Crippen LogP contribution in [0.5, 0.6) is 0 Å². The summed E-state index contributed by atoms with van der Waals surface area (Å²) in [5.41, 5.74) is 5.37. The number of carbonyl (C=O) groups is 2. The predicted molar refractivity (Wildman–Crippen MR) is 68.0 cm³/mol. The van der Waals surface area contributed by atoms with E-state index in [1.807, 2.05) is 30.3 Å². The van der Waals surface area contributed by atoms with E-state index >= 15 is 0 Å². The Morgan fingerprint density at radius 2 is 1.89 bits per heavy atom. The second-order valence-corrected chi connectivity index (χ2v) is 4.78. The zero-order valence-corrected chi connectivity index (χ0v) is 10.5. The Labute approximate surface area is 106 Å². The first-order valence-corrected chi connectivity index (χ1v) is 5.67. The molecule has 0 fully saturated rings. The number of carboxylic acids is 1. The number of hydrogen-bond donors (Lipinski definition) is 3. The third-order valence-electron chi connectivity index (χ3n) is 2.47. The van der Waals surface area contributed by atoms with Crippen molar-refractivity contribution in [1.82, 2.24) is 5.32 Å². The monoisotopic (exact) mass is 250 g/mol. The van der Waals surface area contributed by atoms with E-state index in [0.29, 0.717) is 0 Å². The number of carboxylic acid groups (broad SMARTS) is 1. The van der Waals surface area contributed by atoms with Gasteiger partial charge in [-0.1, -0.05) is 30.3 Å². The zero-order valence-electron chi connectivity index (χ0n) is 10.5. The molecule has 5 nitrogen and oxygen atoms in total. The van der Waals surface area contributed by atoms with Gasteiger partial charge in [0.05, 0.1) is 5.54 Å². The van der Waals surface area contributed by atoms with Gasteiger partial charge in [0.2, 0.25) is 5.91 Å².